The molecule has 2 aromatic heterocycles. The second-order valence-electron chi connectivity index (χ2n) is 10.1. The van der Waals surface area contributed by atoms with Gasteiger partial charge in [-0.05, 0) is 47.9 Å². The van der Waals surface area contributed by atoms with E-state index in [1.165, 1.54) is 12.1 Å². The van der Waals surface area contributed by atoms with E-state index in [4.69, 9.17) is 4.74 Å². The molecular weight excluding hydrogens is 575 g/mol. The summed E-state index contributed by atoms with van der Waals surface area (Å²) in [6.07, 6.45) is -3.84. The number of hydrogen-bond donors (Lipinski definition) is 1. The summed E-state index contributed by atoms with van der Waals surface area (Å²) in [7, 11) is 0. The van der Waals surface area contributed by atoms with Crippen molar-refractivity contribution in [1.29, 1.82) is 0 Å². The Balaban J connectivity index is 1.42. The highest BCUT2D eigenvalue weighted by Crippen LogP contribution is 2.36. The Kier molecular flexibility index (Phi) is 6.96. The number of halogens is 3. The summed E-state index contributed by atoms with van der Waals surface area (Å²) in [5.74, 6) is -0.317. The third-order valence-electron chi connectivity index (χ3n) is 7.00. The summed E-state index contributed by atoms with van der Waals surface area (Å²) in [5.41, 5.74) is 0.0385. The summed E-state index contributed by atoms with van der Waals surface area (Å²) in [4.78, 5) is 28.9. The lowest BCUT2D eigenvalue weighted by Crippen LogP contribution is -2.16. The van der Waals surface area contributed by atoms with Gasteiger partial charge in [-0.3, -0.25) is 14.9 Å². The lowest BCUT2D eigenvalue weighted by Gasteiger charge is -2.13. The molecule has 44 heavy (non-hydrogen) atoms. The summed E-state index contributed by atoms with van der Waals surface area (Å²) < 4.78 is 49.1. The first-order valence-corrected chi connectivity index (χ1v) is 13.3. The van der Waals surface area contributed by atoms with Crippen LogP contribution >= 0.6 is 0 Å². The van der Waals surface area contributed by atoms with Crippen LogP contribution in [0.15, 0.2) is 91.1 Å². The Labute approximate surface area is 247 Å². The average Bonchev–Trinajstić information content (AvgIpc) is 3.42. The second-order valence-corrected chi connectivity index (χ2v) is 10.1. The van der Waals surface area contributed by atoms with Crippen molar-refractivity contribution in [3.8, 4) is 22.8 Å². The van der Waals surface area contributed by atoms with Crippen molar-refractivity contribution < 1.29 is 27.6 Å². The predicted molar refractivity (Wildman–Crippen MR) is 158 cm³/mol. The number of ether oxygens (including phenoxy) is 1. The van der Waals surface area contributed by atoms with Crippen LogP contribution < -0.4 is 10.1 Å². The standard InChI is InChI=1S/C32H22F3N5O4/c1-18-10-11-19(2)28(12-18)44-23-14-21(13-22(15-23)40(42)43)37-31(41)26-17-36-39-29(32(33,34)35)16-27(38-30(26)39)25-9-5-7-20-6-3-4-8-24(20)25/h3-17H,1-2H3,(H,37,41). The average molecular weight is 598 g/mol. The van der Waals surface area contributed by atoms with Crippen molar-refractivity contribution in [2.75, 3.05) is 5.32 Å². The number of carbonyl (C=O) groups is 1. The second kappa shape index (κ2) is 10.8. The Hall–Kier alpha value is -5.78. The predicted octanol–water partition coefficient (Wildman–Crippen LogP) is 8.14. The fraction of sp³-hybridized carbons (Fsp3) is 0.0938. The highest BCUT2D eigenvalue weighted by atomic mass is 19.4. The molecule has 0 aliphatic heterocycles. The maximum Gasteiger partial charge on any atom is 0.433 e. The number of non-ortho nitro benzene ring substituents is 1. The SMILES string of the molecule is Cc1ccc(C)c(Oc2cc(NC(=O)c3cnn4c(C(F)(F)F)cc(-c5cccc6ccccc56)nc34)cc([N+](=O)[O-])c2)c1. The molecule has 0 radical (unpaired) electrons. The molecule has 4 aromatic carbocycles. The molecule has 0 atom stereocenters. The molecule has 0 aliphatic rings. The lowest BCUT2D eigenvalue weighted by molar-refractivity contribution is -0.384. The van der Waals surface area contributed by atoms with Gasteiger partial charge in [0.05, 0.1) is 28.6 Å². The topological polar surface area (TPSA) is 112 Å². The van der Waals surface area contributed by atoms with Gasteiger partial charge in [-0.15, -0.1) is 0 Å². The number of fused-ring (bicyclic) bond motifs is 2. The number of rotatable bonds is 6. The zero-order valence-electron chi connectivity index (χ0n) is 23.2. The van der Waals surface area contributed by atoms with E-state index in [1.807, 2.05) is 44.2 Å². The van der Waals surface area contributed by atoms with Crippen molar-refractivity contribution in [1.82, 2.24) is 14.6 Å². The van der Waals surface area contributed by atoms with Crippen LogP contribution in [-0.4, -0.2) is 25.4 Å². The molecule has 0 aliphatic carbocycles. The quantitative estimate of drug-likeness (QED) is 0.153. The largest absolute Gasteiger partial charge is 0.457 e. The van der Waals surface area contributed by atoms with E-state index in [0.717, 1.165) is 34.8 Å². The summed E-state index contributed by atoms with van der Waals surface area (Å²) in [6, 6.07) is 22.5. The van der Waals surface area contributed by atoms with Gasteiger partial charge in [-0.25, -0.2) is 9.50 Å². The number of nitro benzene ring substituents is 1. The number of aromatic nitrogens is 3. The van der Waals surface area contributed by atoms with E-state index >= 15 is 0 Å². The summed E-state index contributed by atoms with van der Waals surface area (Å²) in [6.45, 7) is 3.68. The van der Waals surface area contributed by atoms with Crippen LogP contribution in [0.2, 0.25) is 0 Å². The third kappa shape index (κ3) is 5.40. The van der Waals surface area contributed by atoms with Crippen molar-refractivity contribution in [2.24, 2.45) is 0 Å². The number of benzene rings is 4. The number of anilines is 1. The molecule has 1 amide bonds. The van der Waals surface area contributed by atoms with E-state index in [9.17, 15) is 28.1 Å². The molecule has 9 nitrogen and oxygen atoms in total. The van der Waals surface area contributed by atoms with Crippen LogP contribution in [0, 0.1) is 24.0 Å². The molecule has 0 saturated carbocycles. The Bertz CT molecular complexity index is 2100. The maximum atomic E-state index is 14.2. The summed E-state index contributed by atoms with van der Waals surface area (Å²) >= 11 is 0. The van der Waals surface area contributed by atoms with Gasteiger partial charge >= 0.3 is 6.18 Å². The van der Waals surface area contributed by atoms with Crippen LogP contribution in [0.1, 0.15) is 27.2 Å². The van der Waals surface area contributed by atoms with Gasteiger partial charge in [-0.1, -0.05) is 54.6 Å². The van der Waals surface area contributed by atoms with Crippen molar-refractivity contribution in [3.05, 3.63) is 124 Å². The highest BCUT2D eigenvalue weighted by molar-refractivity contribution is 6.08. The van der Waals surface area contributed by atoms with Crippen LogP contribution in [0.25, 0.3) is 27.7 Å². The zero-order valence-corrected chi connectivity index (χ0v) is 23.2. The molecule has 0 bridgehead atoms. The number of nitrogens with one attached hydrogen (secondary N) is 1. The molecule has 6 aromatic rings. The fourth-order valence-electron chi connectivity index (χ4n) is 4.87. The molecule has 12 heteroatoms. The zero-order chi connectivity index (χ0) is 31.2. The van der Waals surface area contributed by atoms with E-state index in [-0.39, 0.29) is 34.0 Å². The maximum absolute atomic E-state index is 14.2. The molecule has 0 saturated heterocycles. The van der Waals surface area contributed by atoms with Gasteiger partial charge < -0.3 is 10.1 Å². The number of carbonyl (C=O) groups excluding carboxylic acids is 1. The molecule has 0 spiro atoms. The number of alkyl halides is 3. The Morgan fingerprint density at radius 2 is 1.75 bits per heavy atom. The van der Waals surface area contributed by atoms with Gasteiger partial charge in [-0.2, -0.15) is 18.3 Å². The van der Waals surface area contributed by atoms with Gasteiger partial charge in [0.2, 0.25) is 0 Å². The van der Waals surface area contributed by atoms with Gasteiger partial charge in [0.25, 0.3) is 11.6 Å². The first-order valence-electron chi connectivity index (χ1n) is 13.3. The molecular formula is C32H22F3N5O4. The van der Waals surface area contributed by atoms with Crippen LogP contribution in [0.4, 0.5) is 24.5 Å². The van der Waals surface area contributed by atoms with Crippen molar-refractivity contribution in [2.45, 2.75) is 20.0 Å². The first-order chi connectivity index (χ1) is 21.0. The Morgan fingerprint density at radius 1 is 0.977 bits per heavy atom. The molecule has 2 heterocycles. The minimum absolute atomic E-state index is 0.00395. The highest BCUT2D eigenvalue weighted by Gasteiger charge is 2.36. The van der Waals surface area contributed by atoms with Crippen molar-refractivity contribution >= 4 is 33.7 Å². The number of aryl methyl sites for hydroxylation is 2. The van der Waals surface area contributed by atoms with E-state index in [0.29, 0.717) is 21.2 Å². The first kappa shape index (κ1) is 28.3. The monoisotopic (exact) mass is 597 g/mol. The van der Waals surface area contributed by atoms with Crippen LogP contribution in [-0.2, 0) is 6.18 Å². The molecule has 1 N–H and O–H groups in total. The van der Waals surface area contributed by atoms with Gasteiger partial charge in [0.1, 0.15) is 17.1 Å². The molecule has 0 fully saturated rings. The molecule has 220 valence electrons. The lowest BCUT2D eigenvalue weighted by atomic mass is 10.0. The minimum Gasteiger partial charge on any atom is -0.457 e. The van der Waals surface area contributed by atoms with Crippen molar-refractivity contribution in [3.63, 3.8) is 0 Å². The number of nitro groups is 1. The third-order valence-corrected chi connectivity index (χ3v) is 7.00. The molecule has 6 rings (SSSR count). The minimum atomic E-state index is -4.82. The number of nitrogens with zero attached hydrogens (tertiary/aromatic N) is 4. The smallest absolute Gasteiger partial charge is 0.433 e. The van der Waals surface area contributed by atoms with E-state index < -0.39 is 22.7 Å². The number of amides is 1. The van der Waals surface area contributed by atoms with E-state index in [2.05, 4.69) is 15.4 Å². The van der Waals surface area contributed by atoms with Gasteiger partial charge in [0.15, 0.2) is 11.3 Å². The van der Waals surface area contributed by atoms with Gasteiger partial charge in [0, 0.05) is 17.7 Å². The Morgan fingerprint density at radius 3 is 2.52 bits per heavy atom. The summed E-state index contributed by atoms with van der Waals surface area (Å²) in [5, 5.41) is 19.5. The fourth-order valence-corrected chi connectivity index (χ4v) is 4.87. The molecule has 0 unspecified atom stereocenters. The van der Waals surface area contributed by atoms with Crippen LogP contribution in [0.3, 0.4) is 0 Å². The van der Waals surface area contributed by atoms with Crippen LogP contribution in [0.5, 0.6) is 11.5 Å². The normalized spacial score (nSPS) is 11.6. The van der Waals surface area contributed by atoms with E-state index in [1.54, 1.807) is 30.3 Å². The number of hydrogen-bond acceptors (Lipinski definition) is 6.